The predicted molar refractivity (Wildman–Crippen MR) is 114 cm³/mol. The second-order valence-electron chi connectivity index (χ2n) is 6.17. The van der Waals surface area contributed by atoms with Crippen molar-refractivity contribution in [1.82, 2.24) is 4.31 Å². The van der Waals surface area contributed by atoms with Gasteiger partial charge in [-0.2, -0.15) is 4.31 Å². The summed E-state index contributed by atoms with van der Waals surface area (Å²) in [4.78, 5) is 0. The lowest BCUT2D eigenvalue weighted by molar-refractivity contribution is 0.428. The van der Waals surface area contributed by atoms with Crippen molar-refractivity contribution in [2.75, 3.05) is 11.9 Å². The first-order valence-electron chi connectivity index (χ1n) is 8.13. The first-order valence-corrected chi connectivity index (χ1v) is 11.9. The van der Waals surface area contributed by atoms with E-state index in [1.807, 2.05) is 50.2 Å². The Morgan fingerprint density at radius 3 is 2.46 bits per heavy atom. The molecule has 0 atom stereocenters. The molecule has 2 aromatic carbocycles. The molecule has 3 aromatic rings. The van der Waals surface area contributed by atoms with E-state index in [4.69, 9.17) is 11.6 Å². The molecule has 0 N–H and O–H groups in total. The van der Waals surface area contributed by atoms with Gasteiger partial charge in [0.25, 0.3) is 10.0 Å². The Morgan fingerprint density at radius 1 is 1.12 bits per heavy atom. The molecule has 138 valence electrons. The van der Waals surface area contributed by atoms with Gasteiger partial charge >= 0.3 is 0 Å². The van der Waals surface area contributed by atoms with Gasteiger partial charge in [0.15, 0.2) is 0 Å². The van der Waals surface area contributed by atoms with Crippen molar-refractivity contribution in [2.24, 2.45) is 0 Å². The summed E-state index contributed by atoms with van der Waals surface area (Å²) >= 11 is 10.8. The van der Waals surface area contributed by atoms with Gasteiger partial charge in [0.05, 0.1) is 0 Å². The zero-order valence-electron chi connectivity index (χ0n) is 14.5. The summed E-state index contributed by atoms with van der Waals surface area (Å²) in [5.74, 6) is 0. The van der Waals surface area contributed by atoms with Crippen LogP contribution in [-0.4, -0.2) is 24.6 Å². The fraction of sp³-hybridized carbons (Fsp3) is 0.263. The third-order valence-electron chi connectivity index (χ3n) is 4.24. The summed E-state index contributed by atoms with van der Waals surface area (Å²) in [6, 6.07) is 13.5. The van der Waals surface area contributed by atoms with E-state index in [1.165, 1.54) is 15.6 Å². The lowest BCUT2D eigenvalue weighted by Gasteiger charge is -2.21. The third kappa shape index (κ3) is 3.99. The van der Waals surface area contributed by atoms with Crippen molar-refractivity contribution in [3.05, 3.63) is 64.2 Å². The minimum atomic E-state index is -3.60. The zero-order valence-corrected chi connectivity index (χ0v) is 18.5. The summed E-state index contributed by atoms with van der Waals surface area (Å²) < 4.78 is 29.6. The number of fused-ring (bicyclic) bond motifs is 1. The fourth-order valence-corrected chi connectivity index (χ4v) is 6.95. The van der Waals surface area contributed by atoms with E-state index in [2.05, 4.69) is 15.9 Å². The first kappa shape index (κ1) is 19.8. The van der Waals surface area contributed by atoms with E-state index in [0.717, 1.165) is 26.8 Å². The number of hydrogen-bond acceptors (Lipinski definition) is 3. The van der Waals surface area contributed by atoms with E-state index in [1.54, 1.807) is 6.07 Å². The van der Waals surface area contributed by atoms with Crippen LogP contribution >= 0.6 is 38.9 Å². The minimum absolute atomic E-state index is 0.350. The molecular formula is C19H19BrClNO2S2. The Bertz CT molecular complexity index is 1030. The second-order valence-corrected chi connectivity index (χ2v) is 10.6. The number of sulfonamides is 1. The first-order chi connectivity index (χ1) is 12.3. The van der Waals surface area contributed by atoms with Crippen molar-refractivity contribution in [2.45, 2.75) is 24.6 Å². The average molecular weight is 473 g/mol. The molecule has 0 fully saturated rings. The maximum atomic E-state index is 13.4. The van der Waals surface area contributed by atoms with E-state index in [0.29, 0.717) is 27.7 Å². The van der Waals surface area contributed by atoms with Crippen LogP contribution in [0.1, 0.15) is 16.7 Å². The molecule has 1 aromatic heterocycles. The van der Waals surface area contributed by atoms with Gasteiger partial charge in [-0.25, -0.2) is 8.42 Å². The largest absolute Gasteiger partial charge is 0.253 e. The van der Waals surface area contributed by atoms with Crippen LogP contribution in [0.25, 0.3) is 10.1 Å². The molecule has 0 unspecified atom stereocenters. The van der Waals surface area contributed by atoms with Crippen LogP contribution < -0.4 is 0 Å². The highest BCUT2D eigenvalue weighted by Crippen LogP contribution is 2.37. The van der Waals surface area contributed by atoms with Crippen molar-refractivity contribution in [1.29, 1.82) is 0 Å². The lowest BCUT2D eigenvalue weighted by atomic mass is 10.1. The molecule has 0 saturated carbocycles. The van der Waals surface area contributed by atoms with E-state index >= 15 is 0 Å². The van der Waals surface area contributed by atoms with Crippen LogP contribution in [0.15, 0.2) is 46.7 Å². The second kappa shape index (κ2) is 7.98. The third-order valence-corrected chi connectivity index (χ3v) is 8.55. The summed E-state index contributed by atoms with van der Waals surface area (Å²) in [5.41, 5.74) is 2.89. The SMILES string of the molecule is Cc1ccc(CN(CCBr)S(=O)(=O)c2sc3ccc(Cl)cc3c2C)cc1. The number of hydrogen-bond donors (Lipinski definition) is 0. The summed E-state index contributed by atoms with van der Waals surface area (Å²) in [6.07, 6.45) is 0. The number of nitrogens with zero attached hydrogens (tertiary/aromatic N) is 1. The van der Waals surface area contributed by atoms with E-state index < -0.39 is 10.0 Å². The molecule has 0 amide bonds. The van der Waals surface area contributed by atoms with Gasteiger partial charge in [-0.3, -0.25) is 0 Å². The van der Waals surface area contributed by atoms with Gasteiger partial charge in [-0.05, 0) is 48.6 Å². The minimum Gasteiger partial charge on any atom is -0.206 e. The quantitative estimate of drug-likeness (QED) is 0.428. The number of thiophene rings is 1. The Hall–Kier alpha value is -0.920. The average Bonchev–Trinajstić information content (AvgIpc) is 2.93. The Labute approximate surface area is 171 Å². The monoisotopic (exact) mass is 471 g/mol. The van der Waals surface area contributed by atoms with Crippen molar-refractivity contribution >= 4 is 59.0 Å². The highest BCUT2D eigenvalue weighted by Gasteiger charge is 2.28. The van der Waals surface area contributed by atoms with Crippen molar-refractivity contribution in [3.8, 4) is 0 Å². The molecule has 3 nitrogen and oxygen atoms in total. The lowest BCUT2D eigenvalue weighted by Crippen LogP contribution is -2.32. The van der Waals surface area contributed by atoms with Crippen molar-refractivity contribution in [3.63, 3.8) is 0 Å². The molecule has 0 aliphatic carbocycles. The molecule has 3 rings (SSSR count). The number of alkyl halides is 1. The fourth-order valence-electron chi connectivity index (χ4n) is 2.81. The molecule has 7 heteroatoms. The Morgan fingerprint density at radius 2 is 1.81 bits per heavy atom. The van der Waals surface area contributed by atoms with Crippen LogP contribution in [-0.2, 0) is 16.6 Å². The molecule has 0 bridgehead atoms. The summed E-state index contributed by atoms with van der Waals surface area (Å²) in [6.45, 7) is 4.62. The van der Waals surface area contributed by atoms with Crippen LogP contribution in [0.4, 0.5) is 0 Å². The standard InChI is InChI=1S/C19H19BrClNO2S2/c1-13-3-5-15(6-4-13)12-22(10-9-20)26(23,24)19-14(2)17-11-16(21)7-8-18(17)25-19/h3-8,11H,9-10,12H2,1-2H3. The van der Waals surface area contributed by atoms with Gasteiger partial charge < -0.3 is 0 Å². The van der Waals surface area contributed by atoms with E-state index in [-0.39, 0.29) is 0 Å². The van der Waals surface area contributed by atoms with Gasteiger partial charge in [-0.1, -0.05) is 57.4 Å². The Balaban J connectivity index is 2.02. The van der Waals surface area contributed by atoms with Crippen LogP contribution in [0.2, 0.25) is 5.02 Å². The summed E-state index contributed by atoms with van der Waals surface area (Å²) in [7, 11) is -3.60. The van der Waals surface area contributed by atoms with Gasteiger partial charge in [-0.15, -0.1) is 11.3 Å². The normalized spacial score (nSPS) is 12.2. The molecule has 0 saturated heterocycles. The van der Waals surface area contributed by atoms with Crippen LogP contribution in [0.3, 0.4) is 0 Å². The zero-order chi connectivity index (χ0) is 18.9. The Kier molecular flexibility index (Phi) is 6.09. The van der Waals surface area contributed by atoms with Gasteiger partial charge in [0.2, 0.25) is 0 Å². The van der Waals surface area contributed by atoms with Crippen LogP contribution in [0, 0.1) is 13.8 Å². The number of halogens is 2. The molecule has 0 aliphatic rings. The molecular weight excluding hydrogens is 454 g/mol. The van der Waals surface area contributed by atoms with Crippen molar-refractivity contribution < 1.29 is 8.42 Å². The van der Waals surface area contributed by atoms with Crippen LogP contribution in [0.5, 0.6) is 0 Å². The molecule has 0 aliphatic heterocycles. The summed E-state index contributed by atoms with van der Waals surface area (Å²) in [5, 5.41) is 2.09. The maximum Gasteiger partial charge on any atom is 0.253 e. The highest BCUT2D eigenvalue weighted by atomic mass is 79.9. The topological polar surface area (TPSA) is 37.4 Å². The number of benzene rings is 2. The maximum absolute atomic E-state index is 13.4. The van der Waals surface area contributed by atoms with Gasteiger partial charge in [0, 0.05) is 28.1 Å². The highest BCUT2D eigenvalue weighted by molar-refractivity contribution is 9.09. The molecule has 0 radical (unpaired) electrons. The predicted octanol–water partition coefficient (Wildman–Crippen LogP) is 5.76. The smallest absolute Gasteiger partial charge is 0.206 e. The molecule has 26 heavy (non-hydrogen) atoms. The molecule has 0 spiro atoms. The number of aryl methyl sites for hydroxylation is 2. The van der Waals surface area contributed by atoms with E-state index in [9.17, 15) is 8.42 Å². The molecule has 1 heterocycles. The number of rotatable bonds is 6. The van der Waals surface area contributed by atoms with Gasteiger partial charge in [0.1, 0.15) is 4.21 Å².